The number of hydrogen-bond donors (Lipinski definition) is 1. The summed E-state index contributed by atoms with van der Waals surface area (Å²) in [6.07, 6.45) is -3.76. The van der Waals surface area contributed by atoms with Gasteiger partial charge in [0, 0.05) is 24.4 Å². The summed E-state index contributed by atoms with van der Waals surface area (Å²) < 4.78 is 49.4. The minimum atomic E-state index is -4.78. The lowest BCUT2D eigenvalue weighted by Crippen LogP contribution is -2.18. The Bertz CT molecular complexity index is 1720. The molecule has 3 heterocycles. The fourth-order valence-corrected chi connectivity index (χ4v) is 4.07. The van der Waals surface area contributed by atoms with Gasteiger partial charge >= 0.3 is 12.1 Å². The van der Waals surface area contributed by atoms with Crippen molar-refractivity contribution >= 4 is 34.0 Å². The van der Waals surface area contributed by atoms with Crippen molar-refractivity contribution in [3.05, 3.63) is 77.9 Å². The molecular weight excluding hydrogens is 513 g/mol. The summed E-state index contributed by atoms with van der Waals surface area (Å²) in [6, 6.07) is 14.8. The van der Waals surface area contributed by atoms with Gasteiger partial charge in [-0.15, -0.1) is 0 Å². The summed E-state index contributed by atoms with van der Waals surface area (Å²) in [5, 5.41) is 12.3. The zero-order chi connectivity index (χ0) is 27.9. The van der Waals surface area contributed by atoms with E-state index in [-0.39, 0.29) is 28.4 Å². The zero-order valence-corrected chi connectivity index (χ0v) is 21.2. The van der Waals surface area contributed by atoms with E-state index in [4.69, 9.17) is 4.74 Å². The summed E-state index contributed by atoms with van der Waals surface area (Å²) in [6.45, 7) is 5.53. The number of fused-ring (bicyclic) bond motifs is 2. The van der Waals surface area contributed by atoms with Crippen molar-refractivity contribution in [1.29, 1.82) is 0 Å². The second-order valence-electron chi connectivity index (χ2n) is 9.04. The molecule has 0 bridgehead atoms. The van der Waals surface area contributed by atoms with E-state index in [1.807, 2.05) is 24.3 Å². The van der Waals surface area contributed by atoms with Crippen LogP contribution in [-0.4, -0.2) is 42.4 Å². The van der Waals surface area contributed by atoms with Crippen LogP contribution in [-0.2, 0) is 17.5 Å². The predicted octanol–water partition coefficient (Wildman–Crippen LogP) is 5.60. The third-order valence-electron chi connectivity index (χ3n) is 5.87. The minimum Gasteiger partial charge on any atom is -0.458 e. The third kappa shape index (κ3) is 5.17. The molecule has 12 heteroatoms. The van der Waals surface area contributed by atoms with Crippen molar-refractivity contribution < 1.29 is 27.5 Å². The number of anilines is 1. The molecule has 39 heavy (non-hydrogen) atoms. The Morgan fingerprint density at radius 1 is 1.03 bits per heavy atom. The van der Waals surface area contributed by atoms with Gasteiger partial charge in [0.1, 0.15) is 0 Å². The van der Waals surface area contributed by atoms with Crippen LogP contribution in [0.4, 0.5) is 18.9 Å². The van der Waals surface area contributed by atoms with Gasteiger partial charge in [-0.2, -0.15) is 23.4 Å². The standard InChI is InChI=1S/C27H23F3N6O3/c1-4-35-14-21(24(34-35)26(38)39-15(2)3)32-25(37)20-13-23-31-19(12-22(27(28,29)30)36(23)33-20)18-10-9-16-7-5-6-8-17(16)11-18/h5-15H,4H2,1-3H3,(H,32,37). The zero-order valence-electron chi connectivity index (χ0n) is 21.2. The number of esters is 1. The molecule has 3 aromatic heterocycles. The lowest BCUT2D eigenvalue weighted by atomic mass is 10.0. The molecule has 1 N–H and O–H groups in total. The largest absolute Gasteiger partial charge is 0.458 e. The van der Waals surface area contributed by atoms with E-state index in [0.29, 0.717) is 16.6 Å². The van der Waals surface area contributed by atoms with E-state index in [9.17, 15) is 22.8 Å². The van der Waals surface area contributed by atoms with Gasteiger partial charge in [-0.3, -0.25) is 9.48 Å². The van der Waals surface area contributed by atoms with Crippen LogP contribution in [0.1, 0.15) is 47.4 Å². The first kappa shape index (κ1) is 25.9. The number of ether oxygens (including phenoxy) is 1. The number of nitrogens with zero attached hydrogens (tertiary/aromatic N) is 5. The van der Waals surface area contributed by atoms with Crippen molar-refractivity contribution in [3.8, 4) is 11.3 Å². The Labute approximate surface area is 220 Å². The fraction of sp³-hybridized carbons (Fsp3) is 0.222. The highest BCUT2D eigenvalue weighted by molar-refractivity contribution is 6.06. The second kappa shape index (κ2) is 9.86. The van der Waals surface area contributed by atoms with Crippen LogP contribution >= 0.6 is 0 Å². The normalized spacial score (nSPS) is 11.9. The number of benzene rings is 2. The van der Waals surface area contributed by atoms with E-state index in [1.54, 1.807) is 39.0 Å². The van der Waals surface area contributed by atoms with Gasteiger partial charge in [0.25, 0.3) is 5.91 Å². The highest BCUT2D eigenvalue weighted by Gasteiger charge is 2.36. The highest BCUT2D eigenvalue weighted by Crippen LogP contribution is 2.33. The number of carbonyl (C=O) groups is 2. The predicted molar refractivity (Wildman–Crippen MR) is 137 cm³/mol. The number of alkyl halides is 3. The number of rotatable bonds is 6. The minimum absolute atomic E-state index is 0.0467. The van der Waals surface area contributed by atoms with Crippen molar-refractivity contribution in [2.45, 2.75) is 39.6 Å². The van der Waals surface area contributed by atoms with Crippen LogP contribution in [0.15, 0.2) is 60.8 Å². The topological polar surface area (TPSA) is 103 Å². The first-order valence-electron chi connectivity index (χ1n) is 12.1. The summed E-state index contributed by atoms with van der Waals surface area (Å²) in [5.41, 5.74) is -1.10. The molecule has 0 fully saturated rings. The number of hydrogen-bond acceptors (Lipinski definition) is 6. The smallest absolute Gasteiger partial charge is 0.433 e. The molecule has 5 aromatic rings. The molecule has 0 saturated carbocycles. The molecule has 0 aliphatic rings. The van der Waals surface area contributed by atoms with Crippen LogP contribution in [0.5, 0.6) is 0 Å². The molecule has 0 aliphatic heterocycles. The van der Waals surface area contributed by atoms with Gasteiger partial charge in [-0.25, -0.2) is 14.3 Å². The number of carbonyl (C=O) groups excluding carboxylic acids is 2. The molecular formula is C27H23F3N6O3. The lowest BCUT2D eigenvalue weighted by molar-refractivity contribution is -0.142. The first-order valence-corrected chi connectivity index (χ1v) is 12.1. The Morgan fingerprint density at radius 2 is 1.77 bits per heavy atom. The van der Waals surface area contributed by atoms with Crippen molar-refractivity contribution in [2.75, 3.05) is 5.32 Å². The molecule has 2 aromatic carbocycles. The summed E-state index contributed by atoms with van der Waals surface area (Å²) in [5.74, 6) is -1.58. The highest BCUT2D eigenvalue weighted by atomic mass is 19.4. The van der Waals surface area contributed by atoms with Crippen molar-refractivity contribution in [3.63, 3.8) is 0 Å². The Hall–Kier alpha value is -4.74. The SMILES string of the molecule is CCn1cc(NC(=O)c2cc3nc(-c4ccc5ccccc5c4)cc(C(F)(F)F)n3n2)c(C(=O)OC(C)C)n1. The molecule has 9 nitrogen and oxygen atoms in total. The quantitative estimate of drug-likeness (QED) is 0.283. The number of aryl methyl sites for hydroxylation is 1. The molecule has 0 saturated heterocycles. The fourth-order valence-electron chi connectivity index (χ4n) is 4.07. The van der Waals surface area contributed by atoms with Crippen LogP contribution in [0.2, 0.25) is 0 Å². The molecule has 5 rings (SSSR count). The molecule has 0 aliphatic carbocycles. The van der Waals surface area contributed by atoms with E-state index >= 15 is 0 Å². The van der Waals surface area contributed by atoms with Crippen LogP contribution in [0.3, 0.4) is 0 Å². The molecule has 0 unspecified atom stereocenters. The maximum atomic E-state index is 14.1. The maximum absolute atomic E-state index is 14.1. The number of nitrogens with one attached hydrogen (secondary N) is 1. The van der Waals surface area contributed by atoms with Gasteiger partial charge in [-0.05, 0) is 43.7 Å². The van der Waals surface area contributed by atoms with Gasteiger partial charge in [0.05, 0.1) is 17.5 Å². The summed E-state index contributed by atoms with van der Waals surface area (Å²) >= 11 is 0. The molecule has 0 spiro atoms. The van der Waals surface area contributed by atoms with Crippen LogP contribution in [0.25, 0.3) is 27.7 Å². The Morgan fingerprint density at radius 3 is 2.46 bits per heavy atom. The monoisotopic (exact) mass is 536 g/mol. The van der Waals surface area contributed by atoms with E-state index in [2.05, 4.69) is 20.5 Å². The van der Waals surface area contributed by atoms with Gasteiger partial charge in [-0.1, -0.05) is 36.4 Å². The summed E-state index contributed by atoms with van der Waals surface area (Å²) in [4.78, 5) is 29.9. The van der Waals surface area contributed by atoms with Gasteiger partial charge < -0.3 is 10.1 Å². The van der Waals surface area contributed by atoms with Gasteiger partial charge in [0.15, 0.2) is 22.7 Å². The average molecular weight is 537 g/mol. The van der Waals surface area contributed by atoms with E-state index in [1.165, 1.54) is 10.9 Å². The van der Waals surface area contributed by atoms with Crippen LogP contribution in [0, 0.1) is 0 Å². The number of halogens is 3. The van der Waals surface area contributed by atoms with Gasteiger partial charge in [0.2, 0.25) is 0 Å². The number of aromatic nitrogens is 5. The first-order chi connectivity index (χ1) is 18.5. The molecule has 1 amide bonds. The Kier molecular flexibility index (Phi) is 6.54. The van der Waals surface area contributed by atoms with Crippen LogP contribution < -0.4 is 5.32 Å². The number of amides is 1. The van der Waals surface area contributed by atoms with Crippen molar-refractivity contribution in [1.82, 2.24) is 24.4 Å². The molecule has 0 atom stereocenters. The van der Waals surface area contributed by atoms with Crippen molar-refractivity contribution in [2.24, 2.45) is 0 Å². The van der Waals surface area contributed by atoms with E-state index < -0.39 is 29.9 Å². The van der Waals surface area contributed by atoms with E-state index in [0.717, 1.165) is 22.9 Å². The summed E-state index contributed by atoms with van der Waals surface area (Å²) in [7, 11) is 0. The average Bonchev–Trinajstić information content (AvgIpc) is 3.51. The molecule has 200 valence electrons. The lowest BCUT2D eigenvalue weighted by Gasteiger charge is -2.11. The third-order valence-corrected chi connectivity index (χ3v) is 5.87. The Balaban J connectivity index is 1.54. The second-order valence-corrected chi connectivity index (χ2v) is 9.04. The molecule has 0 radical (unpaired) electrons. The maximum Gasteiger partial charge on any atom is 0.433 e.